The first-order valence-corrected chi connectivity index (χ1v) is 7.58. The molecule has 3 unspecified atom stereocenters. The van der Waals surface area contributed by atoms with Crippen molar-refractivity contribution in [1.82, 2.24) is 9.88 Å². The number of aromatic nitrogens is 1. The van der Waals surface area contributed by atoms with Crippen LogP contribution in [0.4, 0.5) is 0 Å². The molecule has 5 heteroatoms. The average molecular weight is 290 g/mol. The Morgan fingerprint density at radius 2 is 2.24 bits per heavy atom. The SMILES string of the molecule is CCNC(c1ccc2c(c1)oc(=O)n2C)C1CCC(C)O1. The van der Waals surface area contributed by atoms with Crippen LogP contribution in [0.2, 0.25) is 0 Å². The monoisotopic (exact) mass is 290 g/mol. The number of oxazole rings is 1. The summed E-state index contributed by atoms with van der Waals surface area (Å²) in [5.41, 5.74) is 2.56. The van der Waals surface area contributed by atoms with E-state index in [1.807, 2.05) is 12.1 Å². The number of ether oxygens (including phenoxy) is 1. The van der Waals surface area contributed by atoms with E-state index in [1.165, 1.54) is 4.57 Å². The van der Waals surface area contributed by atoms with Gasteiger partial charge in [0.15, 0.2) is 5.58 Å². The molecule has 0 aliphatic carbocycles. The van der Waals surface area contributed by atoms with Gasteiger partial charge in [-0.25, -0.2) is 4.79 Å². The summed E-state index contributed by atoms with van der Waals surface area (Å²) in [6.45, 7) is 5.07. The molecule has 1 N–H and O–H groups in total. The number of fused-ring (bicyclic) bond motifs is 1. The second kappa shape index (κ2) is 5.66. The van der Waals surface area contributed by atoms with Crippen molar-refractivity contribution in [2.75, 3.05) is 6.54 Å². The van der Waals surface area contributed by atoms with Crippen molar-refractivity contribution >= 4 is 11.1 Å². The summed E-state index contributed by atoms with van der Waals surface area (Å²) in [6.07, 6.45) is 2.63. The normalized spacial score (nSPS) is 23.8. The molecule has 1 aromatic heterocycles. The van der Waals surface area contributed by atoms with Gasteiger partial charge in [0.2, 0.25) is 0 Å². The first kappa shape index (κ1) is 14.4. The molecule has 0 radical (unpaired) electrons. The number of hydrogen-bond donors (Lipinski definition) is 1. The smallest absolute Gasteiger partial charge is 0.408 e. The van der Waals surface area contributed by atoms with Crippen molar-refractivity contribution in [3.63, 3.8) is 0 Å². The fourth-order valence-corrected chi connectivity index (χ4v) is 3.11. The van der Waals surface area contributed by atoms with Gasteiger partial charge in [-0.1, -0.05) is 13.0 Å². The molecule has 5 nitrogen and oxygen atoms in total. The van der Waals surface area contributed by atoms with Gasteiger partial charge in [0.1, 0.15) is 0 Å². The second-order valence-corrected chi connectivity index (χ2v) is 5.75. The number of nitrogens with zero attached hydrogens (tertiary/aromatic N) is 1. The van der Waals surface area contributed by atoms with Gasteiger partial charge in [-0.3, -0.25) is 4.57 Å². The molecular weight excluding hydrogens is 268 g/mol. The lowest BCUT2D eigenvalue weighted by atomic mass is 9.98. The summed E-state index contributed by atoms with van der Waals surface area (Å²) in [4.78, 5) is 11.6. The van der Waals surface area contributed by atoms with Crippen LogP contribution in [0.3, 0.4) is 0 Å². The molecular formula is C16H22N2O3. The molecule has 3 rings (SSSR count). The minimum absolute atomic E-state index is 0.134. The van der Waals surface area contributed by atoms with E-state index in [0.717, 1.165) is 30.5 Å². The molecule has 114 valence electrons. The van der Waals surface area contributed by atoms with Gasteiger partial charge in [-0.2, -0.15) is 0 Å². The molecule has 0 saturated carbocycles. The molecule has 3 atom stereocenters. The van der Waals surface area contributed by atoms with Crippen LogP contribution in [0.15, 0.2) is 27.4 Å². The summed E-state index contributed by atoms with van der Waals surface area (Å²) in [5, 5.41) is 3.50. The maximum Gasteiger partial charge on any atom is 0.419 e. The van der Waals surface area contributed by atoms with Crippen molar-refractivity contribution in [2.45, 2.75) is 44.9 Å². The van der Waals surface area contributed by atoms with Gasteiger partial charge in [0.25, 0.3) is 0 Å². The minimum Gasteiger partial charge on any atom is -0.408 e. The van der Waals surface area contributed by atoms with Crippen LogP contribution in [0.25, 0.3) is 11.1 Å². The maximum absolute atomic E-state index is 11.6. The van der Waals surface area contributed by atoms with E-state index in [9.17, 15) is 4.79 Å². The highest BCUT2D eigenvalue weighted by Crippen LogP contribution is 2.31. The second-order valence-electron chi connectivity index (χ2n) is 5.75. The Labute approximate surface area is 123 Å². The Balaban J connectivity index is 1.97. The maximum atomic E-state index is 11.6. The Morgan fingerprint density at radius 1 is 1.43 bits per heavy atom. The van der Waals surface area contributed by atoms with Gasteiger partial charge in [-0.05, 0) is 44.0 Å². The number of benzene rings is 1. The molecule has 1 fully saturated rings. The lowest BCUT2D eigenvalue weighted by Crippen LogP contribution is -2.32. The summed E-state index contributed by atoms with van der Waals surface area (Å²) >= 11 is 0. The van der Waals surface area contributed by atoms with Crippen molar-refractivity contribution in [3.8, 4) is 0 Å². The number of rotatable bonds is 4. The lowest BCUT2D eigenvalue weighted by Gasteiger charge is -2.24. The Kier molecular flexibility index (Phi) is 3.87. The van der Waals surface area contributed by atoms with E-state index in [2.05, 4.69) is 25.2 Å². The van der Waals surface area contributed by atoms with Crippen LogP contribution in [-0.2, 0) is 11.8 Å². The third-order valence-corrected chi connectivity index (χ3v) is 4.24. The quantitative estimate of drug-likeness (QED) is 0.939. The zero-order valence-electron chi connectivity index (χ0n) is 12.8. The van der Waals surface area contributed by atoms with Gasteiger partial charge < -0.3 is 14.5 Å². The van der Waals surface area contributed by atoms with Crippen LogP contribution >= 0.6 is 0 Å². The van der Waals surface area contributed by atoms with Crippen molar-refractivity contribution in [1.29, 1.82) is 0 Å². The van der Waals surface area contributed by atoms with Crippen LogP contribution in [0, 0.1) is 0 Å². The zero-order valence-corrected chi connectivity index (χ0v) is 12.8. The molecule has 1 aromatic carbocycles. The number of nitrogens with one attached hydrogen (secondary N) is 1. The topological polar surface area (TPSA) is 56.4 Å². The van der Waals surface area contributed by atoms with Gasteiger partial charge in [0, 0.05) is 7.05 Å². The first-order valence-electron chi connectivity index (χ1n) is 7.58. The summed E-state index contributed by atoms with van der Waals surface area (Å²) in [7, 11) is 1.72. The Hall–Kier alpha value is -1.59. The third-order valence-electron chi connectivity index (χ3n) is 4.24. The van der Waals surface area contributed by atoms with Gasteiger partial charge in [-0.15, -0.1) is 0 Å². The van der Waals surface area contributed by atoms with E-state index >= 15 is 0 Å². The number of aryl methyl sites for hydroxylation is 1. The highest BCUT2D eigenvalue weighted by atomic mass is 16.5. The fraction of sp³-hybridized carbons (Fsp3) is 0.562. The third kappa shape index (κ3) is 2.63. The zero-order chi connectivity index (χ0) is 15.0. The number of hydrogen-bond acceptors (Lipinski definition) is 4. The number of likely N-dealkylation sites (N-methyl/N-ethyl adjacent to an activating group) is 1. The largest absolute Gasteiger partial charge is 0.419 e. The minimum atomic E-state index is -0.326. The van der Waals surface area contributed by atoms with E-state index in [1.54, 1.807) is 7.05 Å². The molecule has 1 saturated heterocycles. The first-order chi connectivity index (χ1) is 10.1. The lowest BCUT2D eigenvalue weighted by molar-refractivity contribution is 0.0320. The summed E-state index contributed by atoms with van der Waals surface area (Å²) < 4.78 is 12.8. The highest BCUT2D eigenvalue weighted by molar-refractivity contribution is 5.73. The predicted molar refractivity (Wildman–Crippen MR) is 81.4 cm³/mol. The van der Waals surface area contributed by atoms with Crippen LogP contribution in [-0.4, -0.2) is 23.3 Å². The fourth-order valence-electron chi connectivity index (χ4n) is 3.11. The Morgan fingerprint density at radius 3 is 2.90 bits per heavy atom. The standard InChI is InChI=1S/C16H22N2O3/c1-4-17-15(13-8-5-10(2)20-13)11-6-7-12-14(9-11)21-16(19)18(12)3/h6-7,9-10,13,15,17H,4-5,8H2,1-3H3. The van der Waals surface area contributed by atoms with Crippen molar-refractivity contribution in [2.24, 2.45) is 7.05 Å². The molecule has 0 amide bonds. The molecule has 0 bridgehead atoms. The van der Waals surface area contributed by atoms with Gasteiger partial charge >= 0.3 is 5.76 Å². The molecule has 2 heterocycles. The average Bonchev–Trinajstić information content (AvgIpc) is 3.01. The highest BCUT2D eigenvalue weighted by Gasteiger charge is 2.30. The van der Waals surface area contributed by atoms with Gasteiger partial charge in [0.05, 0.1) is 23.8 Å². The molecule has 21 heavy (non-hydrogen) atoms. The predicted octanol–water partition coefficient (Wildman–Crippen LogP) is 2.35. The molecule has 1 aliphatic heterocycles. The van der Waals surface area contributed by atoms with Crippen LogP contribution in [0.5, 0.6) is 0 Å². The summed E-state index contributed by atoms with van der Waals surface area (Å²) in [6, 6.07) is 6.08. The van der Waals surface area contributed by atoms with Crippen LogP contribution < -0.4 is 11.1 Å². The van der Waals surface area contributed by atoms with E-state index in [0.29, 0.717) is 11.7 Å². The van der Waals surface area contributed by atoms with E-state index in [-0.39, 0.29) is 17.9 Å². The Bertz CT molecular complexity index is 688. The van der Waals surface area contributed by atoms with E-state index < -0.39 is 0 Å². The summed E-state index contributed by atoms with van der Waals surface area (Å²) in [5.74, 6) is -0.326. The van der Waals surface area contributed by atoms with Crippen molar-refractivity contribution in [3.05, 3.63) is 34.3 Å². The molecule has 2 aromatic rings. The van der Waals surface area contributed by atoms with Crippen molar-refractivity contribution < 1.29 is 9.15 Å². The van der Waals surface area contributed by atoms with Crippen LogP contribution in [0.1, 0.15) is 38.3 Å². The molecule has 1 aliphatic rings. The molecule has 0 spiro atoms. The van der Waals surface area contributed by atoms with E-state index in [4.69, 9.17) is 9.15 Å².